The van der Waals surface area contributed by atoms with Gasteiger partial charge in [-0.05, 0) is 15.9 Å². The number of aromatic hydroxyl groups is 1. The molecule has 0 spiro atoms. The molecule has 0 bridgehead atoms. The van der Waals surface area contributed by atoms with E-state index in [1.54, 1.807) is 6.07 Å². The molecule has 2 rings (SSSR count). The number of rotatable bonds is 3. The Labute approximate surface area is 118 Å². The summed E-state index contributed by atoms with van der Waals surface area (Å²) in [5, 5.41) is 18.9. The summed E-state index contributed by atoms with van der Waals surface area (Å²) in [7, 11) is 0. The third-order valence-electron chi connectivity index (χ3n) is 2.80. The van der Waals surface area contributed by atoms with Crippen LogP contribution in [-0.2, 0) is 11.2 Å². The molecule has 6 nitrogen and oxygen atoms in total. The summed E-state index contributed by atoms with van der Waals surface area (Å²) in [4.78, 5) is 10.8. The smallest absolute Gasteiger partial charge is 0.320 e. The molecule has 4 N–H and O–H groups in total. The Morgan fingerprint density at radius 1 is 1.47 bits per heavy atom. The molecule has 19 heavy (non-hydrogen) atoms. The number of phenols is 1. The summed E-state index contributed by atoms with van der Waals surface area (Å²) in [6.07, 6.45) is 0.684. The first-order chi connectivity index (χ1) is 9.00. The summed E-state index contributed by atoms with van der Waals surface area (Å²) in [5.41, 5.74) is 5.87. The van der Waals surface area contributed by atoms with E-state index in [-0.39, 0.29) is 12.2 Å². The van der Waals surface area contributed by atoms with Crippen LogP contribution in [0.15, 0.2) is 10.5 Å². The number of ether oxygens (including phenoxy) is 2. The fourth-order valence-corrected chi connectivity index (χ4v) is 2.27. The zero-order valence-electron chi connectivity index (χ0n) is 10.1. The molecule has 1 aromatic carbocycles. The van der Waals surface area contributed by atoms with Crippen molar-refractivity contribution >= 4 is 21.9 Å². The van der Waals surface area contributed by atoms with Gasteiger partial charge in [-0.15, -0.1) is 0 Å². The molecule has 0 aromatic heterocycles. The van der Waals surface area contributed by atoms with Gasteiger partial charge < -0.3 is 25.4 Å². The molecule has 7 heteroatoms. The standard InChI is InChI=1S/C12H14BrNO5/c13-7-5-9-11(19-3-1-2-18-9)6(10(7)15)4-8(14)12(16)17/h5,8,15H,1-4,14H2,(H,16,17). The zero-order valence-corrected chi connectivity index (χ0v) is 11.6. The lowest BCUT2D eigenvalue weighted by Gasteiger charge is -2.16. The molecular weight excluding hydrogens is 318 g/mol. The van der Waals surface area contributed by atoms with E-state index >= 15 is 0 Å². The SMILES string of the molecule is NC(Cc1c(O)c(Br)cc2c1OCCCO2)C(=O)O. The minimum Gasteiger partial charge on any atom is -0.506 e. The number of fused-ring (bicyclic) bond motifs is 1. The summed E-state index contributed by atoms with van der Waals surface area (Å²) >= 11 is 3.20. The second-order valence-corrected chi connectivity index (χ2v) is 5.07. The van der Waals surface area contributed by atoms with Gasteiger partial charge in [0.1, 0.15) is 11.8 Å². The highest BCUT2D eigenvalue weighted by atomic mass is 79.9. The van der Waals surface area contributed by atoms with Crippen molar-refractivity contribution in [2.45, 2.75) is 18.9 Å². The van der Waals surface area contributed by atoms with Crippen molar-refractivity contribution in [2.75, 3.05) is 13.2 Å². The second-order valence-electron chi connectivity index (χ2n) is 4.21. The molecule has 0 saturated carbocycles. The van der Waals surface area contributed by atoms with Gasteiger partial charge in [0, 0.05) is 24.5 Å². The number of hydrogen-bond acceptors (Lipinski definition) is 5. The maximum atomic E-state index is 10.8. The molecule has 0 amide bonds. The van der Waals surface area contributed by atoms with Gasteiger partial charge in [-0.1, -0.05) is 0 Å². The number of benzene rings is 1. The molecule has 0 fully saturated rings. The Balaban J connectivity index is 2.45. The lowest BCUT2D eigenvalue weighted by atomic mass is 10.0. The lowest BCUT2D eigenvalue weighted by molar-refractivity contribution is -0.138. The van der Waals surface area contributed by atoms with Crippen LogP contribution >= 0.6 is 15.9 Å². The summed E-state index contributed by atoms with van der Waals surface area (Å²) in [5.74, 6) is -0.353. The van der Waals surface area contributed by atoms with E-state index < -0.39 is 12.0 Å². The van der Waals surface area contributed by atoms with Gasteiger partial charge in [-0.2, -0.15) is 0 Å². The van der Waals surface area contributed by atoms with Crippen LogP contribution in [0, 0.1) is 0 Å². The van der Waals surface area contributed by atoms with Crippen molar-refractivity contribution in [1.29, 1.82) is 0 Å². The number of nitrogens with two attached hydrogens (primary N) is 1. The van der Waals surface area contributed by atoms with E-state index in [2.05, 4.69) is 15.9 Å². The quantitative estimate of drug-likeness (QED) is 0.770. The molecule has 1 aliphatic heterocycles. The fraction of sp³-hybridized carbons (Fsp3) is 0.417. The molecule has 1 aliphatic rings. The van der Waals surface area contributed by atoms with Crippen molar-refractivity contribution in [3.63, 3.8) is 0 Å². The van der Waals surface area contributed by atoms with Gasteiger partial charge in [-0.3, -0.25) is 4.79 Å². The van der Waals surface area contributed by atoms with Crippen molar-refractivity contribution < 1.29 is 24.5 Å². The Morgan fingerprint density at radius 2 is 2.16 bits per heavy atom. The Morgan fingerprint density at radius 3 is 2.84 bits per heavy atom. The van der Waals surface area contributed by atoms with Gasteiger partial charge in [0.25, 0.3) is 0 Å². The molecule has 0 radical (unpaired) electrons. The van der Waals surface area contributed by atoms with Crippen molar-refractivity contribution in [2.24, 2.45) is 5.73 Å². The van der Waals surface area contributed by atoms with Gasteiger partial charge in [0.05, 0.1) is 17.7 Å². The Hall–Kier alpha value is -1.47. The second kappa shape index (κ2) is 5.66. The first-order valence-electron chi connectivity index (χ1n) is 5.79. The van der Waals surface area contributed by atoms with E-state index in [0.717, 1.165) is 6.42 Å². The normalized spacial score (nSPS) is 15.7. The number of carbonyl (C=O) groups is 1. The number of aliphatic carboxylic acids is 1. The highest BCUT2D eigenvalue weighted by Gasteiger charge is 2.24. The van der Waals surface area contributed by atoms with Crippen LogP contribution in [0.5, 0.6) is 17.2 Å². The number of carboxylic acid groups (broad SMARTS) is 1. The predicted octanol–water partition coefficient (Wildman–Crippen LogP) is 1.27. The lowest BCUT2D eigenvalue weighted by Crippen LogP contribution is -2.32. The molecule has 0 saturated heterocycles. The molecule has 1 aromatic rings. The third-order valence-corrected chi connectivity index (χ3v) is 3.41. The van der Waals surface area contributed by atoms with Gasteiger partial charge >= 0.3 is 5.97 Å². The molecule has 1 heterocycles. The van der Waals surface area contributed by atoms with E-state index in [9.17, 15) is 9.90 Å². The predicted molar refractivity (Wildman–Crippen MR) is 70.7 cm³/mol. The highest BCUT2D eigenvalue weighted by molar-refractivity contribution is 9.10. The number of hydrogen-bond donors (Lipinski definition) is 3. The molecular formula is C12H14BrNO5. The van der Waals surface area contributed by atoms with Crippen LogP contribution in [0.1, 0.15) is 12.0 Å². The first-order valence-corrected chi connectivity index (χ1v) is 6.58. The van der Waals surface area contributed by atoms with Crippen molar-refractivity contribution in [3.05, 3.63) is 16.1 Å². The average Bonchev–Trinajstić information content (AvgIpc) is 2.59. The largest absolute Gasteiger partial charge is 0.506 e. The first kappa shape index (κ1) is 14.0. The van der Waals surface area contributed by atoms with Crippen LogP contribution in [0.25, 0.3) is 0 Å². The summed E-state index contributed by atoms with van der Waals surface area (Å²) < 4.78 is 11.5. The van der Waals surface area contributed by atoms with Crippen LogP contribution in [0.3, 0.4) is 0 Å². The fourth-order valence-electron chi connectivity index (χ4n) is 1.83. The topological polar surface area (TPSA) is 102 Å². The minimum absolute atomic E-state index is 0.0354. The van der Waals surface area contributed by atoms with Crippen LogP contribution in [0.2, 0.25) is 0 Å². The molecule has 0 aliphatic carbocycles. The minimum atomic E-state index is -1.14. The van der Waals surface area contributed by atoms with Crippen LogP contribution < -0.4 is 15.2 Å². The number of carboxylic acids is 1. The highest BCUT2D eigenvalue weighted by Crippen LogP contribution is 2.43. The van der Waals surface area contributed by atoms with Gasteiger partial charge in [0.15, 0.2) is 11.5 Å². The summed E-state index contributed by atoms with van der Waals surface area (Å²) in [6, 6.07) is 0.488. The zero-order chi connectivity index (χ0) is 14.0. The van der Waals surface area contributed by atoms with E-state index in [0.29, 0.717) is 34.7 Å². The third kappa shape index (κ3) is 2.93. The Bertz CT molecular complexity index is 505. The van der Waals surface area contributed by atoms with Gasteiger partial charge in [0.2, 0.25) is 0 Å². The monoisotopic (exact) mass is 331 g/mol. The number of phenolic OH excluding ortho intramolecular Hbond substituents is 1. The molecule has 1 atom stereocenters. The van der Waals surface area contributed by atoms with E-state index in [1.165, 1.54) is 0 Å². The maximum absolute atomic E-state index is 10.8. The van der Waals surface area contributed by atoms with Crippen molar-refractivity contribution in [3.8, 4) is 17.2 Å². The van der Waals surface area contributed by atoms with Crippen LogP contribution in [-0.4, -0.2) is 35.4 Å². The average molecular weight is 332 g/mol. The van der Waals surface area contributed by atoms with Crippen molar-refractivity contribution in [1.82, 2.24) is 0 Å². The maximum Gasteiger partial charge on any atom is 0.320 e. The van der Waals surface area contributed by atoms with E-state index in [1.807, 2.05) is 0 Å². The van der Waals surface area contributed by atoms with Gasteiger partial charge in [-0.25, -0.2) is 0 Å². The van der Waals surface area contributed by atoms with E-state index in [4.69, 9.17) is 20.3 Å². The summed E-state index contributed by atoms with van der Waals surface area (Å²) in [6.45, 7) is 0.956. The Kier molecular flexibility index (Phi) is 4.16. The van der Waals surface area contributed by atoms with Crippen LogP contribution in [0.4, 0.5) is 0 Å². The number of halogens is 1. The molecule has 104 valence electrons. The molecule has 1 unspecified atom stereocenters.